The first-order valence-electron chi connectivity index (χ1n) is 5.97. The SMILES string of the molecule is CC(C)n1ccc(CC(N)c2ccc(F)cn2)n1. The van der Waals surface area contributed by atoms with Crippen LogP contribution in [0.15, 0.2) is 30.6 Å². The third-order valence-corrected chi connectivity index (χ3v) is 2.75. The zero-order valence-corrected chi connectivity index (χ0v) is 10.5. The molecule has 0 amide bonds. The molecule has 0 fully saturated rings. The van der Waals surface area contributed by atoms with Gasteiger partial charge in [0, 0.05) is 18.7 Å². The Balaban J connectivity index is 2.06. The van der Waals surface area contributed by atoms with Gasteiger partial charge in [-0.15, -0.1) is 0 Å². The van der Waals surface area contributed by atoms with Crippen LogP contribution >= 0.6 is 0 Å². The Morgan fingerprint density at radius 3 is 2.67 bits per heavy atom. The first-order valence-corrected chi connectivity index (χ1v) is 5.97. The van der Waals surface area contributed by atoms with E-state index >= 15 is 0 Å². The Hall–Kier alpha value is -1.75. The van der Waals surface area contributed by atoms with Crippen LogP contribution in [0.2, 0.25) is 0 Å². The molecule has 2 N–H and O–H groups in total. The van der Waals surface area contributed by atoms with Crippen molar-refractivity contribution in [3.05, 3.63) is 47.8 Å². The van der Waals surface area contributed by atoms with Crippen LogP contribution in [0.1, 0.15) is 37.3 Å². The van der Waals surface area contributed by atoms with E-state index in [0.717, 1.165) is 5.69 Å². The molecule has 0 aliphatic carbocycles. The fourth-order valence-corrected chi connectivity index (χ4v) is 1.71. The predicted molar refractivity (Wildman–Crippen MR) is 67.4 cm³/mol. The highest BCUT2D eigenvalue weighted by Gasteiger charge is 2.11. The van der Waals surface area contributed by atoms with Gasteiger partial charge in [-0.3, -0.25) is 9.67 Å². The Morgan fingerprint density at radius 2 is 2.11 bits per heavy atom. The van der Waals surface area contributed by atoms with Gasteiger partial charge in [0.1, 0.15) is 5.82 Å². The molecule has 5 heteroatoms. The summed E-state index contributed by atoms with van der Waals surface area (Å²) in [5.74, 6) is -0.352. The van der Waals surface area contributed by atoms with Crippen LogP contribution in [-0.4, -0.2) is 14.8 Å². The van der Waals surface area contributed by atoms with Gasteiger partial charge in [0.2, 0.25) is 0 Å². The van der Waals surface area contributed by atoms with Crippen LogP contribution in [0.5, 0.6) is 0 Å². The average molecular weight is 248 g/mol. The summed E-state index contributed by atoms with van der Waals surface area (Å²) >= 11 is 0. The average Bonchev–Trinajstić information content (AvgIpc) is 2.78. The standard InChI is InChI=1S/C13H17FN4/c1-9(2)18-6-5-11(17-18)7-12(15)13-4-3-10(14)8-16-13/h3-6,8-9,12H,7,15H2,1-2H3. The molecule has 0 saturated heterocycles. The molecule has 2 aromatic heterocycles. The molecule has 18 heavy (non-hydrogen) atoms. The van der Waals surface area contributed by atoms with E-state index in [1.807, 2.05) is 16.9 Å². The number of nitrogens with zero attached hydrogens (tertiary/aromatic N) is 3. The summed E-state index contributed by atoms with van der Waals surface area (Å²) in [5, 5.41) is 4.43. The lowest BCUT2D eigenvalue weighted by Crippen LogP contribution is -2.15. The molecule has 2 aromatic rings. The molecule has 96 valence electrons. The molecule has 1 atom stereocenters. The highest BCUT2D eigenvalue weighted by Crippen LogP contribution is 2.14. The van der Waals surface area contributed by atoms with E-state index in [9.17, 15) is 4.39 Å². The monoisotopic (exact) mass is 248 g/mol. The van der Waals surface area contributed by atoms with Crippen LogP contribution in [0, 0.1) is 5.82 Å². The van der Waals surface area contributed by atoms with Gasteiger partial charge in [0.05, 0.1) is 23.6 Å². The fraction of sp³-hybridized carbons (Fsp3) is 0.385. The van der Waals surface area contributed by atoms with Crippen LogP contribution in [0.3, 0.4) is 0 Å². The Morgan fingerprint density at radius 1 is 1.33 bits per heavy atom. The molecule has 2 rings (SSSR count). The van der Waals surface area contributed by atoms with E-state index in [1.54, 1.807) is 6.07 Å². The first-order chi connectivity index (χ1) is 8.56. The molecule has 0 aromatic carbocycles. The second kappa shape index (κ2) is 5.27. The maximum atomic E-state index is 12.8. The largest absolute Gasteiger partial charge is 0.322 e. The van der Waals surface area contributed by atoms with E-state index in [0.29, 0.717) is 18.2 Å². The maximum absolute atomic E-state index is 12.8. The van der Waals surface area contributed by atoms with Gasteiger partial charge in [-0.05, 0) is 32.0 Å². The van der Waals surface area contributed by atoms with Crippen molar-refractivity contribution in [2.24, 2.45) is 5.73 Å². The minimum absolute atomic E-state index is 0.263. The van der Waals surface area contributed by atoms with Crippen LogP contribution < -0.4 is 5.73 Å². The molecule has 0 spiro atoms. The number of pyridine rings is 1. The van der Waals surface area contributed by atoms with E-state index in [-0.39, 0.29) is 11.9 Å². The van der Waals surface area contributed by atoms with Crippen LogP contribution in [0.25, 0.3) is 0 Å². The molecule has 0 saturated carbocycles. The molecule has 0 bridgehead atoms. The van der Waals surface area contributed by atoms with Crippen molar-refractivity contribution in [1.29, 1.82) is 0 Å². The maximum Gasteiger partial charge on any atom is 0.141 e. The fourth-order valence-electron chi connectivity index (χ4n) is 1.71. The number of nitrogens with two attached hydrogens (primary N) is 1. The van der Waals surface area contributed by atoms with E-state index in [4.69, 9.17) is 5.73 Å². The molecule has 0 aliphatic rings. The van der Waals surface area contributed by atoms with Gasteiger partial charge in [0.15, 0.2) is 0 Å². The zero-order chi connectivity index (χ0) is 13.1. The number of hydrogen-bond acceptors (Lipinski definition) is 3. The van der Waals surface area contributed by atoms with Crippen LogP contribution in [-0.2, 0) is 6.42 Å². The van der Waals surface area contributed by atoms with Crippen molar-refractivity contribution < 1.29 is 4.39 Å². The van der Waals surface area contributed by atoms with Gasteiger partial charge in [-0.1, -0.05) is 0 Å². The molecule has 0 radical (unpaired) electrons. The Kier molecular flexibility index (Phi) is 3.72. The summed E-state index contributed by atoms with van der Waals surface area (Å²) in [6.45, 7) is 4.14. The number of hydrogen-bond donors (Lipinski definition) is 1. The lowest BCUT2D eigenvalue weighted by molar-refractivity contribution is 0.522. The molecule has 2 heterocycles. The van der Waals surface area contributed by atoms with Crippen molar-refractivity contribution in [2.45, 2.75) is 32.4 Å². The Bertz CT molecular complexity index is 504. The highest BCUT2D eigenvalue weighted by molar-refractivity contribution is 5.13. The lowest BCUT2D eigenvalue weighted by atomic mass is 10.1. The second-order valence-electron chi connectivity index (χ2n) is 4.59. The zero-order valence-electron chi connectivity index (χ0n) is 10.5. The van der Waals surface area contributed by atoms with Crippen LogP contribution in [0.4, 0.5) is 4.39 Å². The van der Waals surface area contributed by atoms with Crippen molar-refractivity contribution >= 4 is 0 Å². The van der Waals surface area contributed by atoms with Gasteiger partial charge in [-0.25, -0.2) is 4.39 Å². The minimum Gasteiger partial charge on any atom is -0.322 e. The summed E-state index contributed by atoms with van der Waals surface area (Å²) in [6.07, 6.45) is 3.71. The quantitative estimate of drug-likeness (QED) is 0.902. The molecule has 0 aliphatic heterocycles. The van der Waals surface area contributed by atoms with E-state index in [2.05, 4.69) is 23.9 Å². The lowest BCUT2D eigenvalue weighted by Gasteiger charge is -2.09. The van der Waals surface area contributed by atoms with Crippen molar-refractivity contribution in [3.63, 3.8) is 0 Å². The summed E-state index contributed by atoms with van der Waals surface area (Å²) < 4.78 is 14.6. The first kappa shape index (κ1) is 12.7. The molecular formula is C13H17FN4. The Labute approximate surface area is 106 Å². The summed E-state index contributed by atoms with van der Waals surface area (Å²) in [6, 6.07) is 5.00. The van der Waals surface area contributed by atoms with Crippen molar-refractivity contribution in [1.82, 2.24) is 14.8 Å². The van der Waals surface area contributed by atoms with Crippen molar-refractivity contribution in [3.8, 4) is 0 Å². The van der Waals surface area contributed by atoms with E-state index in [1.165, 1.54) is 12.3 Å². The number of rotatable bonds is 4. The summed E-state index contributed by atoms with van der Waals surface area (Å²) in [7, 11) is 0. The van der Waals surface area contributed by atoms with E-state index < -0.39 is 0 Å². The number of aromatic nitrogens is 3. The second-order valence-corrected chi connectivity index (χ2v) is 4.59. The normalized spacial score (nSPS) is 12.9. The topological polar surface area (TPSA) is 56.7 Å². The predicted octanol–water partition coefficient (Wildman–Crippen LogP) is 2.24. The smallest absolute Gasteiger partial charge is 0.141 e. The van der Waals surface area contributed by atoms with Gasteiger partial charge >= 0.3 is 0 Å². The van der Waals surface area contributed by atoms with Gasteiger partial charge in [-0.2, -0.15) is 5.10 Å². The molecular weight excluding hydrogens is 231 g/mol. The third kappa shape index (κ3) is 2.92. The summed E-state index contributed by atoms with van der Waals surface area (Å²) in [5.41, 5.74) is 7.62. The highest BCUT2D eigenvalue weighted by atomic mass is 19.1. The molecule has 4 nitrogen and oxygen atoms in total. The summed E-state index contributed by atoms with van der Waals surface area (Å²) in [4.78, 5) is 3.98. The van der Waals surface area contributed by atoms with Gasteiger partial charge in [0.25, 0.3) is 0 Å². The van der Waals surface area contributed by atoms with Gasteiger partial charge < -0.3 is 5.73 Å². The minimum atomic E-state index is -0.352. The third-order valence-electron chi connectivity index (χ3n) is 2.75. The number of halogens is 1. The molecule has 1 unspecified atom stereocenters. The van der Waals surface area contributed by atoms with Crippen molar-refractivity contribution in [2.75, 3.05) is 0 Å².